The fraction of sp³-hybridized carbons (Fsp3) is 0.929. The molecule has 4 aliphatic carbocycles. The van der Waals surface area contributed by atoms with Crippen molar-refractivity contribution in [2.24, 2.45) is 40.4 Å². The summed E-state index contributed by atoms with van der Waals surface area (Å²) in [6.45, 7) is 8.62. The molecule has 5 rings (SSSR count). The topological polar surface area (TPSA) is 61.8 Å². The minimum absolute atomic E-state index is 0.0789. The van der Waals surface area contributed by atoms with E-state index in [4.69, 9.17) is 14.2 Å². The standard InChI is InChI=1S/C28H44O5/c1-18(29)21-7-8-22-26-23(10-12-28(21,22)3)27(2)11-9-20(30)16-19(27)17-24(26)31-14-15-33-25-6-4-5-13-32-25/h19,21-26H,4-17H2,1-3H3/t19-,21-,22+,23+,24-,25?,26+,27+,28-/m1/s1. The lowest BCUT2D eigenvalue weighted by Crippen LogP contribution is -2.59. The molecule has 186 valence electrons. The average molecular weight is 461 g/mol. The maximum atomic E-state index is 12.5. The van der Waals surface area contributed by atoms with Gasteiger partial charge in [0, 0.05) is 25.4 Å². The van der Waals surface area contributed by atoms with Crippen LogP contribution in [0.1, 0.15) is 91.4 Å². The summed E-state index contributed by atoms with van der Waals surface area (Å²) >= 11 is 0. The van der Waals surface area contributed by atoms with Gasteiger partial charge in [0.25, 0.3) is 0 Å². The second kappa shape index (κ2) is 9.35. The van der Waals surface area contributed by atoms with Gasteiger partial charge in [0.05, 0.1) is 19.3 Å². The minimum Gasteiger partial charge on any atom is -0.376 e. The lowest BCUT2D eigenvalue weighted by molar-refractivity contribution is -0.198. The predicted octanol–water partition coefficient (Wildman–Crippen LogP) is 5.34. The second-order valence-electron chi connectivity index (χ2n) is 12.3. The van der Waals surface area contributed by atoms with Gasteiger partial charge in [-0.3, -0.25) is 9.59 Å². The number of rotatable bonds is 6. The van der Waals surface area contributed by atoms with Gasteiger partial charge < -0.3 is 14.2 Å². The predicted molar refractivity (Wildman–Crippen MR) is 126 cm³/mol. The Balaban J connectivity index is 1.33. The van der Waals surface area contributed by atoms with Crippen molar-refractivity contribution in [3.05, 3.63) is 0 Å². The molecule has 1 heterocycles. The van der Waals surface area contributed by atoms with Crippen molar-refractivity contribution in [3.8, 4) is 0 Å². The molecule has 0 radical (unpaired) electrons. The molecule has 0 bridgehead atoms. The first-order chi connectivity index (χ1) is 15.8. The fourth-order valence-electron chi connectivity index (χ4n) is 9.05. The molecule has 33 heavy (non-hydrogen) atoms. The van der Waals surface area contributed by atoms with E-state index in [1.165, 1.54) is 12.8 Å². The van der Waals surface area contributed by atoms with Crippen molar-refractivity contribution >= 4 is 11.6 Å². The number of carbonyl (C=O) groups is 2. The van der Waals surface area contributed by atoms with Crippen molar-refractivity contribution in [3.63, 3.8) is 0 Å². The molecule has 4 saturated carbocycles. The van der Waals surface area contributed by atoms with Crippen LogP contribution in [-0.2, 0) is 23.8 Å². The Hall–Kier alpha value is -0.780. The van der Waals surface area contributed by atoms with Crippen LogP contribution in [0.25, 0.3) is 0 Å². The van der Waals surface area contributed by atoms with E-state index in [9.17, 15) is 9.59 Å². The van der Waals surface area contributed by atoms with Crippen LogP contribution in [0, 0.1) is 40.4 Å². The van der Waals surface area contributed by atoms with Crippen LogP contribution in [0.2, 0.25) is 0 Å². The summed E-state index contributed by atoms with van der Waals surface area (Å²) in [5, 5.41) is 0. The molecule has 5 heteroatoms. The van der Waals surface area contributed by atoms with E-state index in [0.717, 1.165) is 64.4 Å². The van der Waals surface area contributed by atoms with Gasteiger partial charge in [-0.25, -0.2) is 0 Å². The van der Waals surface area contributed by atoms with Crippen molar-refractivity contribution in [1.82, 2.24) is 0 Å². The van der Waals surface area contributed by atoms with Crippen LogP contribution in [0.4, 0.5) is 0 Å². The lowest BCUT2D eigenvalue weighted by atomic mass is 9.44. The van der Waals surface area contributed by atoms with E-state index < -0.39 is 0 Å². The van der Waals surface area contributed by atoms with Crippen LogP contribution in [0.5, 0.6) is 0 Å². The van der Waals surface area contributed by atoms with E-state index in [-0.39, 0.29) is 29.1 Å². The monoisotopic (exact) mass is 460 g/mol. The summed E-state index contributed by atoms with van der Waals surface area (Å²) < 4.78 is 18.3. The third-order valence-electron chi connectivity index (χ3n) is 10.8. The first kappa shape index (κ1) is 23.9. The molecule has 0 aromatic rings. The highest BCUT2D eigenvalue weighted by atomic mass is 16.7. The molecule has 0 aromatic heterocycles. The van der Waals surface area contributed by atoms with Gasteiger partial charge in [-0.1, -0.05) is 13.8 Å². The molecule has 9 atom stereocenters. The van der Waals surface area contributed by atoms with E-state index in [1.807, 2.05) is 0 Å². The van der Waals surface area contributed by atoms with E-state index in [0.29, 0.717) is 48.5 Å². The van der Waals surface area contributed by atoms with Crippen molar-refractivity contribution < 1.29 is 23.8 Å². The molecular formula is C28H44O5. The highest BCUT2D eigenvalue weighted by Crippen LogP contribution is 2.67. The van der Waals surface area contributed by atoms with Crippen LogP contribution in [-0.4, -0.2) is 43.8 Å². The maximum absolute atomic E-state index is 12.5. The third kappa shape index (κ3) is 4.25. The Bertz CT molecular complexity index is 745. The molecule has 5 fully saturated rings. The smallest absolute Gasteiger partial charge is 0.157 e. The summed E-state index contributed by atoms with van der Waals surface area (Å²) in [7, 11) is 0. The highest BCUT2D eigenvalue weighted by Gasteiger charge is 2.63. The Morgan fingerprint density at radius 1 is 1.00 bits per heavy atom. The van der Waals surface area contributed by atoms with Gasteiger partial charge in [0.1, 0.15) is 11.6 Å². The average Bonchev–Trinajstić information content (AvgIpc) is 3.15. The quantitative estimate of drug-likeness (QED) is 0.501. The van der Waals surface area contributed by atoms with E-state index in [2.05, 4.69) is 13.8 Å². The molecule has 5 nitrogen and oxygen atoms in total. The largest absolute Gasteiger partial charge is 0.376 e. The molecule has 1 unspecified atom stereocenters. The van der Waals surface area contributed by atoms with Crippen LogP contribution >= 0.6 is 0 Å². The number of hydrogen-bond donors (Lipinski definition) is 0. The summed E-state index contributed by atoms with van der Waals surface area (Å²) in [6, 6.07) is 0. The summed E-state index contributed by atoms with van der Waals surface area (Å²) in [5.41, 5.74) is 0.343. The molecule has 0 amide bonds. The molecule has 0 aromatic carbocycles. The van der Waals surface area contributed by atoms with Gasteiger partial charge in [0.15, 0.2) is 6.29 Å². The number of ketones is 2. The van der Waals surface area contributed by atoms with Crippen LogP contribution in [0.15, 0.2) is 0 Å². The molecule has 0 N–H and O–H groups in total. The number of ether oxygens (including phenoxy) is 3. The van der Waals surface area contributed by atoms with Crippen LogP contribution in [0.3, 0.4) is 0 Å². The fourth-order valence-corrected chi connectivity index (χ4v) is 9.05. The zero-order valence-electron chi connectivity index (χ0n) is 21.0. The van der Waals surface area contributed by atoms with Gasteiger partial charge in [-0.2, -0.15) is 0 Å². The van der Waals surface area contributed by atoms with Crippen molar-refractivity contribution in [2.45, 2.75) is 104 Å². The molecule has 5 aliphatic rings. The number of hydrogen-bond acceptors (Lipinski definition) is 5. The van der Waals surface area contributed by atoms with Crippen molar-refractivity contribution in [2.75, 3.05) is 19.8 Å². The minimum atomic E-state index is -0.0789. The zero-order valence-corrected chi connectivity index (χ0v) is 21.0. The number of carbonyl (C=O) groups excluding carboxylic acids is 2. The second-order valence-corrected chi connectivity index (χ2v) is 12.3. The van der Waals surface area contributed by atoms with Gasteiger partial charge in [0.2, 0.25) is 0 Å². The molecular weight excluding hydrogens is 416 g/mol. The number of fused-ring (bicyclic) bond motifs is 5. The third-order valence-corrected chi connectivity index (χ3v) is 10.8. The zero-order chi connectivity index (χ0) is 23.2. The maximum Gasteiger partial charge on any atom is 0.157 e. The van der Waals surface area contributed by atoms with Crippen molar-refractivity contribution in [1.29, 1.82) is 0 Å². The molecule has 0 spiro atoms. The first-order valence-electron chi connectivity index (χ1n) is 13.7. The van der Waals surface area contributed by atoms with E-state index >= 15 is 0 Å². The van der Waals surface area contributed by atoms with Gasteiger partial charge >= 0.3 is 0 Å². The Kier molecular flexibility index (Phi) is 6.78. The lowest BCUT2D eigenvalue weighted by Gasteiger charge is -2.62. The summed E-state index contributed by atoms with van der Waals surface area (Å²) in [6.07, 6.45) is 11.4. The van der Waals surface area contributed by atoms with Gasteiger partial charge in [-0.05, 0) is 99.2 Å². The Labute approximate surface area is 199 Å². The number of Topliss-reactive ketones (excluding diaryl/α,β-unsaturated/α-hetero) is 2. The van der Waals surface area contributed by atoms with E-state index in [1.54, 1.807) is 6.92 Å². The highest BCUT2D eigenvalue weighted by molar-refractivity contribution is 5.80. The van der Waals surface area contributed by atoms with Gasteiger partial charge in [-0.15, -0.1) is 0 Å². The summed E-state index contributed by atoms with van der Waals surface area (Å²) in [4.78, 5) is 24.9. The molecule has 1 saturated heterocycles. The van der Waals surface area contributed by atoms with Crippen LogP contribution < -0.4 is 0 Å². The molecule has 1 aliphatic heterocycles. The summed E-state index contributed by atoms with van der Waals surface area (Å²) in [5.74, 6) is 3.09. The first-order valence-corrected chi connectivity index (χ1v) is 13.7. The normalized spacial score (nSPS) is 47.5. The Morgan fingerprint density at radius 2 is 1.79 bits per heavy atom. The Morgan fingerprint density at radius 3 is 2.55 bits per heavy atom. The SMILES string of the molecule is CC(=O)[C@H]1CC[C@H]2[C@@H]3[C@H](OCCOC4CCCCO4)C[C@H]4CC(=O)CC[C@]4(C)[C@H]3CC[C@]12C.